The predicted molar refractivity (Wildman–Crippen MR) is 74.9 cm³/mol. The van der Waals surface area contributed by atoms with E-state index in [1.807, 2.05) is 0 Å². The second kappa shape index (κ2) is 6.49. The van der Waals surface area contributed by atoms with Gasteiger partial charge in [0.05, 0.1) is 12.2 Å². The van der Waals surface area contributed by atoms with Crippen molar-refractivity contribution >= 4 is 28.9 Å². The summed E-state index contributed by atoms with van der Waals surface area (Å²) in [5.74, 6) is -3.20. The van der Waals surface area contributed by atoms with Gasteiger partial charge in [-0.1, -0.05) is 11.6 Å². The van der Waals surface area contributed by atoms with Crippen LogP contribution in [0.1, 0.15) is 0 Å². The van der Waals surface area contributed by atoms with Crippen LogP contribution in [0, 0.1) is 17.5 Å². The molecule has 0 unspecified atom stereocenters. The lowest BCUT2D eigenvalue weighted by Crippen LogP contribution is -2.22. The van der Waals surface area contributed by atoms with Gasteiger partial charge in [-0.2, -0.15) is 0 Å². The lowest BCUT2D eigenvalue weighted by atomic mass is 10.3. The van der Waals surface area contributed by atoms with E-state index in [0.717, 1.165) is 18.2 Å². The number of amides is 1. The molecule has 2 aromatic rings. The quantitative estimate of drug-likeness (QED) is 0.901. The molecule has 2 rings (SSSR count). The van der Waals surface area contributed by atoms with Crippen molar-refractivity contribution in [3.05, 3.63) is 58.9 Å². The first-order valence-electron chi connectivity index (χ1n) is 5.89. The van der Waals surface area contributed by atoms with Crippen LogP contribution in [0.4, 0.5) is 24.5 Å². The molecular weight excluding hydrogens is 305 g/mol. The Morgan fingerprint density at radius 3 is 2.43 bits per heavy atom. The molecule has 0 radical (unpaired) electrons. The van der Waals surface area contributed by atoms with Gasteiger partial charge in [0.1, 0.15) is 5.82 Å². The van der Waals surface area contributed by atoms with Crippen LogP contribution in [0.25, 0.3) is 0 Å². The van der Waals surface area contributed by atoms with Crippen LogP contribution >= 0.6 is 11.6 Å². The lowest BCUT2D eigenvalue weighted by molar-refractivity contribution is -0.114. The molecule has 0 aliphatic rings. The van der Waals surface area contributed by atoms with Gasteiger partial charge in [0.25, 0.3) is 0 Å². The Balaban J connectivity index is 1.94. The molecular formula is C14H10ClF3N2O. The predicted octanol–water partition coefficient (Wildman–Crippen LogP) is 3.81. The van der Waals surface area contributed by atoms with E-state index in [1.54, 1.807) is 0 Å². The number of rotatable bonds is 4. The fourth-order valence-electron chi connectivity index (χ4n) is 1.59. The lowest BCUT2D eigenvalue weighted by Gasteiger charge is -2.09. The third-order valence-electron chi connectivity index (χ3n) is 2.57. The number of hydrogen-bond acceptors (Lipinski definition) is 2. The maximum absolute atomic E-state index is 13.5. The number of nitrogens with one attached hydrogen (secondary N) is 2. The summed E-state index contributed by atoms with van der Waals surface area (Å²) in [6.07, 6.45) is 0. The minimum absolute atomic E-state index is 0.109. The standard InChI is InChI=1S/C14H10ClF3N2O/c15-8-1-4-13(12(18)5-8)19-7-14(21)20-9-2-3-10(16)11(17)6-9/h1-6,19H,7H2,(H,20,21). The highest BCUT2D eigenvalue weighted by Crippen LogP contribution is 2.18. The third kappa shape index (κ3) is 4.13. The summed E-state index contributed by atoms with van der Waals surface area (Å²) in [7, 11) is 0. The maximum atomic E-state index is 13.5. The summed E-state index contributed by atoms with van der Waals surface area (Å²) in [5, 5.41) is 5.17. The second-order valence-corrected chi connectivity index (χ2v) is 4.59. The first-order valence-corrected chi connectivity index (χ1v) is 6.27. The molecule has 0 saturated carbocycles. The van der Waals surface area contributed by atoms with Gasteiger partial charge in [-0.05, 0) is 30.3 Å². The highest BCUT2D eigenvalue weighted by atomic mass is 35.5. The Bertz CT molecular complexity index is 679. The minimum atomic E-state index is -1.07. The van der Waals surface area contributed by atoms with Gasteiger partial charge in [0, 0.05) is 16.8 Å². The molecule has 0 fully saturated rings. The number of benzene rings is 2. The van der Waals surface area contributed by atoms with Crippen LogP contribution in [0.5, 0.6) is 0 Å². The van der Waals surface area contributed by atoms with Crippen molar-refractivity contribution in [3.8, 4) is 0 Å². The van der Waals surface area contributed by atoms with Gasteiger partial charge >= 0.3 is 0 Å². The Morgan fingerprint density at radius 1 is 1.00 bits per heavy atom. The molecule has 0 aliphatic heterocycles. The number of anilines is 2. The highest BCUT2D eigenvalue weighted by molar-refractivity contribution is 6.30. The molecule has 3 nitrogen and oxygen atoms in total. The fourth-order valence-corrected chi connectivity index (χ4v) is 1.75. The van der Waals surface area contributed by atoms with Crippen molar-refractivity contribution in [2.75, 3.05) is 17.2 Å². The van der Waals surface area contributed by atoms with Crippen LogP contribution in [0.2, 0.25) is 5.02 Å². The average molecular weight is 315 g/mol. The van der Waals surface area contributed by atoms with E-state index in [0.29, 0.717) is 0 Å². The first kappa shape index (κ1) is 15.2. The first-order chi connectivity index (χ1) is 9.95. The molecule has 0 aromatic heterocycles. The van der Waals surface area contributed by atoms with E-state index in [2.05, 4.69) is 10.6 Å². The molecule has 7 heteroatoms. The van der Waals surface area contributed by atoms with Crippen molar-refractivity contribution < 1.29 is 18.0 Å². The van der Waals surface area contributed by atoms with Crippen LogP contribution in [0.3, 0.4) is 0 Å². The molecule has 21 heavy (non-hydrogen) atoms. The molecule has 2 N–H and O–H groups in total. The summed E-state index contributed by atoms with van der Waals surface area (Å²) >= 11 is 5.60. The third-order valence-corrected chi connectivity index (χ3v) is 2.81. The number of halogens is 4. The minimum Gasteiger partial charge on any atom is -0.374 e. The van der Waals surface area contributed by atoms with Crippen LogP contribution in [0.15, 0.2) is 36.4 Å². The van der Waals surface area contributed by atoms with Crippen molar-refractivity contribution in [1.29, 1.82) is 0 Å². The van der Waals surface area contributed by atoms with Gasteiger partial charge in [-0.15, -0.1) is 0 Å². The van der Waals surface area contributed by atoms with Gasteiger partial charge in [-0.25, -0.2) is 13.2 Å². The van der Waals surface area contributed by atoms with Gasteiger partial charge in [-0.3, -0.25) is 4.79 Å². The van der Waals surface area contributed by atoms with Crippen molar-refractivity contribution in [1.82, 2.24) is 0 Å². The molecule has 110 valence electrons. The highest BCUT2D eigenvalue weighted by Gasteiger charge is 2.08. The zero-order chi connectivity index (χ0) is 15.4. The molecule has 0 atom stereocenters. The average Bonchev–Trinajstić information content (AvgIpc) is 2.42. The van der Waals surface area contributed by atoms with Gasteiger partial charge in [0.2, 0.25) is 5.91 Å². The Labute approximate surface area is 123 Å². The summed E-state index contributed by atoms with van der Waals surface area (Å²) in [4.78, 5) is 11.6. The normalized spacial score (nSPS) is 10.3. The summed E-state index contributed by atoms with van der Waals surface area (Å²) in [6.45, 7) is -0.239. The molecule has 0 saturated heterocycles. The summed E-state index contributed by atoms with van der Waals surface area (Å²) < 4.78 is 39.2. The number of carbonyl (C=O) groups excluding carboxylic acids is 1. The van der Waals surface area contributed by atoms with Gasteiger partial charge < -0.3 is 10.6 Å². The molecule has 0 aliphatic carbocycles. The monoisotopic (exact) mass is 314 g/mol. The number of carbonyl (C=O) groups is 1. The van der Waals surface area contributed by atoms with Crippen molar-refractivity contribution in [2.45, 2.75) is 0 Å². The van der Waals surface area contributed by atoms with Crippen LogP contribution < -0.4 is 10.6 Å². The van der Waals surface area contributed by atoms with Gasteiger partial charge in [0.15, 0.2) is 11.6 Å². The second-order valence-electron chi connectivity index (χ2n) is 4.15. The largest absolute Gasteiger partial charge is 0.374 e. The van der Waals surface area contributed by atoms with Crippen LogP contribution in [-0.4, -0.2) is 12.5 Å². The molecule has 0 heterocycles. The van der Waals surface area contributed by atoms with E-state index in [4.69, 9.17) is 11.6 Å². The zero-order valence-electron chi connectivity index (χ0n) is 10.6. The SMILES string of the molecule is O=C(CNc1ccc(Cl)cc1F)Nc1ccc(F)c(F)c1. The zero-order valence-corrected chi connectivity index (χ0v) is 11.3. The van der Waals surface area contributed by atoms with Crippen molar-refractivity contribution in [2.24, 2.45) is 0 Å². The van der Waals surface area contributed by atoms with Crippen LogP contribution in [-0.2, 0) is 4.79 Å². The molecule has 0 spiro atoms. The molecule has 0 bridgehead atoms. The number of hydrogen-bond donors (Lipinski definition) is 2. The maximum Gasteiger partial charge on any atom is 0.243 e. The topological polar surface area (TPSA) is 41.1 Å². The molecule has 2 aromatic carbocycles. The van der Waals surface area contributed by atoms with Crippen molar-refractivity contribution in [3.63, 3.8) is 0 Å². The Morgan fingerprint density at radius 2 is 1.76 bits per heavy atom. The smallest absolute Gasteiger partial charge is 0.243 e. The van der Waals surface area contributed by atoms with E-state index in [1.165, 1.54) is 18.2 Å². The fraction of sp³-hybridized carbons (Fsp3) is 0.0714. The van der Waals surface area contributed by atoms with E-state index in [9.17, 15) is 18.0 Å². The summed E-state index contributed by atoms with van der Waals surface area (Å²) in [6, 6.07) is 6.95. The molecule has 1 amide bonds. The Hall–Kier alpha value is -2.21. The van der Waals surface area contributed by atoms with E-state index >= 15 is 0 Å². The van der Waals surface area contributed by atoms with E-state index < -0.39 is 23.4 Å². The van der Waals surface area contributed by atoms with E-state index in [-0.39, 0.29) is 22.9 Å². The Kier molecular flexibility index (Phi) is 4.70. The summed E-state index contributed by atoms with van der Waals surface area (Å²) in [5.41, 5.74) is 0.220.